The molecule has 13 heavy (non-hydrogen) atoms. The standard InChI is InChI=1S/C7H5N3O3/c11-10(12)6-2-1-5(13-6)7-8-3-4-9-7/h1-4H,(H,8,9). The largest absolute Gasteiger partial charge is 0.433 e. The van der Waals surface area contributed by atoms with E-state index in [-0.39, 0.29) is 5.88 Å². The quantitative estimate of drug-likeness (QED) is 0.560. The Morgan fingerprint density at radius 3 is 2.92 bits per heavy atom. The van der Waals surface area contributed by atoms with E-state index in [1.165, 1.54) is 12.1 Å². The number of imidazole rings is 1. The molecule has 2 heterocycles. The molecular formula is C7H5N3O3. The highest BCUT2D eigenvalue weighted by molar-refractivity contribution is 5.48. The Hall–Kier alpha value is -2.11. The molecule has 0 bridgehead atoms. The van der Waals surface area contributed by atoms with Gasteiger partial charge in [0.2, 0.25) is 0 Å². The molecule has 2 rings (SSSR count). The van der Waals surface area contributed by atoms with Gasteiger partial charge in [0.25, 0.3) is 0 Å². The summed E-state index contributed by atoms with van der Waals surface area (Å²) >= 11 is 0. The number of aromatic nitrogens is 2. The Bertz CT molecular complexity index is 418. The van der Waals surface area contributed by atoms with Crippen LogP contribution in [-0.2, 0) is 0 Å². The summed E-state index contributed by atoms with van der Waals surface area (Å²) in [4.78, 5) is 16.3. The molecule has 0 aliphatic heterocycles. The molecule has 0 aromatic carbocycles. The SMILES string of the molecule is O=[N+]([O-])c1ccc(-c2ncc[nH]2)o1. The molecule has 2 aromatic rings. The topological polar surface area (TPSA) is 85.0 Å². The van der Waals surface area contributed by atoms with E-state index in [2.05, 4.69) is 9.97 Å². The van der Waals surface area contributed by atoms with E-state index >= 15 is 0 Å². The van der Waals surface area contributed by atoms with Crippen molar-refractivity contribution in [2.75, 3.05) is 0 Å². The first-order valence-electron chi connectivity index (χ1n) is 3.51. The van der Waals surface area contributed by atoms with E-state index in [1.807, 2.05) is 0 Å². The second-order valence-corrected chi connectivity index (χ2v) is 2.33. The molecule has 0 fully saturated rings. The number of hydrogen-bond acceptors (Lipinski definition) is 4. The van der Waals surface area contributed by atoms with Crippen molar-refractivity contribution in [3.63, 3.8) is 0 Å². The lowest BCUT2D eigenvalue weighted by Crippen LogP contribution is -1.82. The van der Waals surface area contributed by atoms with E-state index in [4.69, 9.17) is 4.42 Å². The molecule has 66 valence electrons. The molecule has 0 spiro atoms. The molecule has 0 aliphatic rings. The number of aromatic amines is 1. The third-order valence-corrected chi connectivity index (χ3v) is 1.50. The Balaban J connectivity index is 2.39. The monoisotopic (exact) mass is 179 g/mol. The van der Waals surface area contributed by atoms with Crippen molar-refractivity contribution in [2.24, 2.45) is 0 Å². The summed E-state index contributed by atoms with van der Waals surface area (Å²) < 4.78 is 4.90. The molecule has 0 saturated heterocycles. The van der Waals surface area contributed by atoms with Crippen LogP contribution in [0.25, 0.3) is 11.6 Å². The van der Waals surface area contributed by atoms with Crippen molar-refractivity contribution in [1.29, 1.82) is 0 Å². The maximum absolute atomic E-state index is 10.3. The van der Waals surface area contributed by atoms with E-state index < -0.39 is 4.92 Å². The molecule has 0 atom stereocenters. The number of hydrogen-bond donors (Lipinski definition) is 1. The Morgan fingerprint density at radius 2 is 2.38 bits per heavy atom. The molecule has 1 N–H and O–H groups in total. The van der Waals surface area contributed by atoms with Crippen molar-refractivity contribution < 1.29 is 9.34 Å². The van der Waals surface area contributed by atoms with Crippen LogP contribution in [0.4, 0.5) is 5.88 Å². The van der Waals surface area contributed by atoms with Crippen LogP contribution in [0.15, 0.2) is 28.9 Å². The van der Waals surface area contributed by atoms with Crippen molar-refractivity contribution in [1.82, 2.24) is 9.97 Å². The third-order valence-electron chi connectivity index (χ3n) is 1.50. The van der Waals surface area contributed by atoms with Gasteiger partial charge in [-0.15, -0.1) is 0 Å². The summed E-state index contributed by atoms with van der Waals surface area (Å²) in [6.07, 6.45) is 3.16. The molecule has 6 nitrogen and oxygen atoms in total. The second kappa shape index (κ2) is 2.74. The predicted octanol–water partition coefficient (Wildman–Crippen LogP) is 1.58. The fourth-order valence-corrected chi connectivity index (χ4v) is 0.953. The van der Waals surface area contributed by atoms with Crippen LogP contribution < -0.4 is 0 Å². The van der Waals surface area contributed by atoms with E-state index in [0.29, 0.717) is 11.6 Å². The van der Waals surface area contributed by atoms with Gasteiger partial charge in [-0.05, 0) is 6.07 Å². The van der Waals surface area contributed by atoms with Crippen LogP contribution >= 0.6 is 0 Å². The predicted molar refractivity (Wildman–Crippen MR) is 42.9 cm³/mol. The van der Waals surface area contributed by atoms with Crippen LogP contribution in [0, 0.1) is 10.1 Å². The van der Waals surface area contributed by atoms with Crippen LogP contribution in [0.1, 0.15) is 0 Å². The molecule has 0 aliphatic carbocycles. The van der Waals surface area contributed by atoms with Gasteiger partial charge in [0.1, 0.15) is 4.92 Å². The van der Waals surface area contributed by atoms with Gasteiger partial charge >= 0.3 is 5.88 Å². The molecule has 0 radical (unpaired) electrons. The maximum Gasteiger partial charge on any atom is 0.433 e. The summed E-state index contributed by atoms with van der Waals surface area (Å²) in [6, 6.07) is 2.79. The fraction of sp³-hybridized carbons (Fsp3) is 0. The number of nitro groups is 1. The summed E-state index contributed by atoms with van der Waals surface area (Å²) in [5, 5.41) is 10.3. The summed E-state index contributed by atoms with van der Waals surface area (Å²) in [6.45, 7) is 0. The zero-order valence-corrected chi connectivity index (χ0v) is 6.43. The lowest BCUT2D eigenvalue weighted by molar-refractivity contribution is -0.401. The zero-order valence-electron chi connectivity index (χ0n) is 6.43. The number of H-pyrrole nitrogens is 1. The molecule has 0 unspecified atom stereocenters. The van der Waals surface area contributed by atoms with Gasteiger partial charge in [-0.2, -0.15) is 0 Å². The van der Waals surface area contributed by atoms with Crippen molar-refractivity contribution in [2.45, 2.75) is 0 Å². The van der Waals surface area contributed by atoms with Gasteiger partial charge in [-0.3, -0.25) is 10.1 Å². The molecular weight excluding hydrogens is 174 g/mol. The minimum absolute atomic E-state index is 0.286. The average Bonchev–Trinajstić information content (AvgIpc) is 2.75. The van der Waals surface area contributed by atoms with Gasteiger partial charge in [-0.25, -0.2) is 4.98 Å². The highest BCUT2D eigenvalue weighted by atomic mass is 16.6. The lowest BCUT2D eigenvalue weighted by atomic mass is 10.4. The Labute approximate surface area is 72.4 Å². The Morgan fingerprint density at radius 1 is 1.54 bits per heavy atom. The van der Waals surface area contributed by atoms with E-state index in [9.17, 15) is 10.1 Å². The summed E-state index contributed by atoms with van der Waals surface area (Å²) in [5.41, 5.74) is 0. The highest BCUT2D eigenvalue weighted by Crippen LogP contribution is 2.22. The molecule has 0 saturated carbocycles. The summed E-state index contributed by atoms with van der Waals surface area (Å²) in [7, 11) is 0. The first-order chi connectivity index (χ1) is 6.27. The number of rotatable bonds is 2. The zero-order chi connectivity index (χ0) is 9.26. The van der Waals surface area contributed by atoms with Crippen molar-refractivity contribution in [3.8, 4) is 11.6 Å². The van der Waals surface area contributed by atoms with E-state index in [0.717, 1.165) is 0 Å². The first kappa shape index (κ1) is 7.53. The minimum Gasteiger partial charge on any atom is -0.397 e. The summed E-state index contributed by atoms with van der Waals surface area (Å²) in [5.74, 6) is 0.552. The average molecular weight is 179 g/mol. The molecule has 2 aromatic heterocycles. The molecule has 6 heteroatoms. The number of nitrogens with one attached hydrogen (secondary N) is 1. The highest BCUT2D eigenvalue weighted by Gasteiger charge is 2.13. The van der Waals surface area contributed by atoms with Crippen LogP contribution in [0.3, 0.4) is 0 Å². The lowest BCUT2D eigenvalue weighted by Gasteiger charge is -1.86. The first-order valence-corrected chi connectivity index (χ1v) is 3.51. The smallest absolute Gasteiger partial charge is 0.397 e. The van der Waals surface area contributed by atoms with Gasteiger partial charge < -0.3 is 9.40 Å². The van der Waals surface area contributed by atoms with Crippen LogP contribution in [-0.4, -0.2) is 14.9 Å². The normalized spacial score (nSPS) is 10.2. The molecule has 0 amide bonds. The van der Waals surface area contributed by atoms with Crippen molar-refractivity contribution in [3.05, 3.63) is 34.6 Å². The Kier molecular flexibility index (Phi) is 1.59. The maximum atomic E-state index is 10.3. The number of furan rings is 1. The minimum atomic E-state index is -0.591. The van der Waals surface area contributed by atoms with Gasteiger partial charge in [-0.1, -0.05) is 0 Å². The van der Waals surface area contributed by atoms with Crippen molar-refractivity contribution >= 4 is 5.88 Å². The van der Waals surface area contributed by atoms with E-state index in [1.54, 1.807) is 12.4 Å². The van der Waals surface area contributed by atoms with Gasteiger partial charge in [0.05, 0.1) is 6.07 Å². The fourth-order valence-electron chi connectivity index (χ4n) is 0.953. The van der Waals surface area contributed by atoms with Gasteiger partial charge in [0.15, 0.2) is 11.6 Å². The van der Waals surface area contributed by atoms with Gasteiger partial charge in [0, 0.05) is 12.4 Å². The van der Waals surface area contributed by atoms with Crippen LogP contribution in [0.2, 0.25) is 0 Å². The second-order valence-electron chi connectivity index (χ2n) is 2.33. The number of nitrogens with zero attached hydrogens (tertiary/aromatic N) is 2. The third kappa shape index (κ3) is 1.28. The van der Waals surface area contributed by atoms with Crippen LogP contribution in [0.5, 0.6) is 0 Å².